The van der Waals surface area contributed by atoms with Gasteiger partial charge in [-0.25, -0.2) is 0 Å². The van der Waals surface area contributed by atoms with Crippen molar-refractivity contribution in [1.29, 1.82) is 0 Å². The van der Waals surface area contributed by atoms with Crippen LogP contribution in [0.5, 0.6) is 0 Å². The summed E-state index contributed by atoms with van der Waals surface area (Å²) < 4.78 is 0. The SMILES string of the molecule is CCSCCC(C)NC(N)=NC1CCCCC1. The van der Waals surface area contributed by atoms with Crippen molar-refractivity contribution in [2.75, 3.05) is 11.5 Å². The van der Waals surface area contributed by atoms with E-state index in [1.54, 1.807) is 0 Å². The molecule has 1 unspecified atom stereocenters. The highest BCUT2D eigenvalue weighted by atomic mass is 32.2. The van der Waals surface area contributed by atoms with E-state index < -0.39 is 0 Å². The predicted molar refractivity (Wildman–Crippen MR) is 78.7 cm³/mol. The molecule has 1 rings (SSSR count). The van der Waals surface area contributed by atoms with Gasteiger partial charge in [-0.15, -0.1) is 0 Å². The molecule has 4 heteroatoms. The molecule has 0 aliphatic heterocycles. The molecule has 0 aromatic carbocycles. The average molecular weight is 257 g/mol. The van der Waals surface area contributed by atoms with Crippen molar-refractivity contribution in [3.63, 3.8) is 0 Å². The number of nitrogens with zero attached hydrogens (tertiary/aromatic N) is 1. The van der Waals surface area contributed by atoms with E-state index in [4.69, 9.17) is 5.73 Å². The lowest BCUT2D eigenvalue weighted by atomic mass is 9.96. The predicted octanol–water partition coefficient (Wildman–Crippen LogP) is 2.76. The normalized spacial score (nSPS) is 20.2. The minimum Gasteiger partial charge on any atom is -0.370 e. The van der Waals surface area contributed by atoms with E-state index in [9.17, 15) is 0 Å². The van der Waals surface area contributed by atoms with E-state index in [1.807, 2.05) is 11.8 Å². The second kappa shape index (κ2) is 8.67. The van der Waals surface area contributed by atoms with Gasteiger partial charge in [0, 0.05) is 6.04 Å². The lowest BCUT2D eigenvalue weighted by molar-refractivity contribution is 0.441. The van der Waals surface area contributed by atoms with Crippen molar-refractivity contribution in [3.05, 3.63) is 0 Å². The van der Waals surface area contributed by atoms with Gasteiger partial charge >= 0.3 is 0 Å². The second-order valence-electron chi connectivity index (χ2n) is 4.84. The molecule has 0 saturated heterocycles. The number of thioether (sulfide) groups is 1. The number of aliphatic imine (C=N–C) groups is 1. The molecule has 0 spiro atoms. The highest BCUT2D eigenvalue weighted by molar-refractivity contribution is 7.99. The van der Waals surface area contributed by atoms with Crippen LogP contribution in [0.1, 0.15) is 52.4 Å². The first-order valence-corrected chi connectivity index (χ1v) is 8.05. The first kappa shape index (κ1) is 14.7. The molecule has 17 heavy (non-hydrogen) atoms. The molecular weight excluding hydrogens is 230 g/mol. The summed E-state index contributed by atoms with van der Waals surface area (Å²) in [6.07, 6.45) is 7.56. The maximum absolute atomic E-state index is 5.94. The molecule has 0 radical (unpaired) electrons. The molecule has 1 saturated carbocycles. The standard InChI is InChI=1S/C13H27N3S/c1-3-17-10-9-11(2)15-13(14)16-12-7-5-4-6-8-12/h11-12H,3-10H2,1-2H3,(H3,14,15,16). The Kier molecular flexibility index (Phi) is 7.49. The summed E-state index contributed by atoms with van der Waals surface area (Å²) in [5.74, 6) is 3.03. The number of hydrogen-bond acceptors (Lipinski definition) is 2. The van der Waals surface area contributed by atoms with Crippen LogP contribution in [-0.2, 0) is 0 Å². The van der Waals surface area contributed by atoms with Crippen LogP contribution in [0.25, 0.3) is 0 Å². The van der Waals surface area contributed by atoms with Crippen molar-refractivity contribution >= 4 is 17.7 Å². The largest absolute Gasteiger partial charge is 0.370 e. The van der Waals surface area contributed by atoms with E-state index >= 15 is 0 Å². The van der Waals surface area contributed by atoms with Crippen molar-refractivity contribution in [1.82, 2.24) is 5.32 Å². The van der Waals surface area contributed by atoms with Gasteiger partial charge in [-0.2, -0.15) is 11.8 Å². The van der Waals surface area contributed by atoms with Crippen LogP contribution < -0.4 is 11.1 Å². The third kappa shape index (κ3) is 6.81. The molecule has 100 valence electrons. The van der Waals surface area contributed by atoms with Gasteiger partial charge in [0.2, 0.25) is 0 Å². The van der Waals surface area contributed by atoms with Gasteiger partial charge in [-0.1, -0.05) is 26.2 Å². The average Bonchev–Trinajstić information content (AvgIpc) is 2.30. The Morgan fingerprint density at radius 1 is 1.41 bits per heavy atom. The van der Waals surface area contributed by atoms with Gasteiger partial charge < -0.3 is 11.1 Å². The van der Waals surface area contributed by atoms with Crippen LogP contribution in [0.3, 0.4) is 0 Å². The van der Waals surface area contributed by atoms with Crippen LogP contribution >= 0.6 is 11.8 Å². The molecule has 0 aromatic rings. The van der Waals surface area contributed by atoms with Crippen molar-refractivity contribution < 1.29 is 0 Å². The van der Waals surface area contributed by atoms with Crippen LogP contribution in [-0.4, -0.2) is 29.5 Å². The number of guanidine groups is 1. The summed E-state index contributed by atoms with van der Waals surface area (Å²) in [6, 6.07) is 0.898. The number of hydrogen-bond donors (Lipinski definition) is 2. The Bertz CT molecular complexity index is 225. The van der Waals surface area contributed by atoms with Crippen molar-refractivity contribution in [2.24, 2.45) is 10.7 Å². The molecule has 1 atom stereocenters. The zero-order valence-electron chi connectivity index (χ0n) is 11.2. The maximum atomic E-state index is 5.94. The Hall–Kier alpha value is -0.380. The van der Waals surface area contributed by atoms with Crippen LogP contribution in [0, 0.1) is 0 Å². The molecule has 3 nitrogen and oxygen atoms in total. The van der Waals surface area contributed by atoms with E-state index in [0.717, 1.165) is 6.42 Å². The molecular formula is C13H27N3S. The van der Waals surface area contributed by atoms with Crippen LogP contribution in [0.15, 0.2) is 4.99 Å². The van der Waals surface area contributed by atoms with E-state index in [0.29, 0.717) is 18.0 Å². The van der Waals surface area contributed by atoms with E-state index in [2.05, 4.69) is 24.2 Å². The molecule has 0 bridgehead atoms. The second-order valence-corrected chi connectivity index (χ2v) is 6.23. The Morgan fingerprint density at radius 2 is 2.12 bits per heavy atom. The minimum absolute atomic E-state index is 0.432. The first-order valence-electron chi connectivity index (χ1n) is 6.90. The zero-order chi connectivity index (χ0) is 12.5. The fraction of sp³-hybridized carbons (Fsp3) is 0.923. The molecule has 0 aromatic heterocycles. The first-order chi connectivity index (χ1) is 8.22. The summed E-state index contributed by atoms with van der Waals surface area (Å²) in [7, 11) is 0. The summed E-state index contributed by atoms with van der Waals surface area (Å²) in [4.78, 5) is 4.58. The van der Waals surface area contributed by atoms with Gasteiger partial charge in [0.15, 0.2) is 5.96 Å². The monoisotopic (exact) mass is 257 g/mol. The fourth-order valence-electron chi connectivity index (χ4n) is 2.17. The number of rotatable bonds is 6. The highest BCUT2D eigenvalue weighted by Gasteiger charge is 2.12. The van der Waals surface area contributed by atoms with Crippen molar-refractivity contribution in [2.45, 2.75) is 64.5 Å². The van der Waals surface area contributed by atoms with Crippen molar-refractivity contribution in [3.8, 4) is 0 Å². The summed E-state index contributed by atoms with van der Waals surface area (Å²) >= 11 is 1.98. The third-order valence-corrected chi connectivity index (χ3v) is 4.12. The lowest BCUT2D eigenvalue weighted by Crippen LogP contribution is -2.39. The van der Waals surface area contributed by atoms with Gasteiger partial charge in [-0.05, 0) is 37.7 Å². The van der Waals surface area contributed by atoms with Crippen LogP contribution in [0.2, 0.25) is 0 Å². The van der Waals surface area contributed by atoms with E-state index in [1.165, 1.54) is 43.6 Å². The van der Waals surface area contributed by atoms with Gasteiger partial charge in [0.1, 0.15) is 0 Å². The Labute approximate surface area is 110 Å². The fourth-order valence-corrected chi connectivity index (χ4v) is 2.98. The zero-order valence-corrected chi connectivity index (χ0v) is 12.1. The Balaban J connectivity index is 2.21. The van der Waals surface area contributed by atoms with Gasteiger partial charge in [0.05, 0.1) is 6.04 Å². The van der Waals surface area contributed by atoms with Crippen LogP contribution in [0.4, 0.5) is 0 Å². The molecule has 1 fully saturated rings. The Morgan fingerprint density at radius 3 is 2.76 bits per heavy atom. The lowest BCUT2D eigenvalue weighted by Gasteiger charge is -2.20. The topological polar surface area (TPSA) is 50.4 Å². The summed E-state index contributed by atoms with van der Waals surface area (Å²) in [5, 5.41) is 3.30. The molecule has 3 N–H and O–H groups in total. The quantitative estimate of drug-likeness (QED) is 0.437. The van der Waals surface area contributed by atoms with E-state index in [-0.39, 0.29) is 0 Å². The molecule has 1 aliphatic carbocycles. The maximum Gasteiger partial charge on any atom is 0.189 e. The smallest absolute Gasteiger partial charge is 0.189 e. The molecule has 0 heterocycles. The van der Waals surface area contributed by atoms with Gasteiger partial charge in [0.25, 0.3) is 0 Å². The number of nitrogens with two attached hydrogens (primary N) is 1. The molecule has 1 aliphatic rings. The highest BCUT2D eigenvalue weighted by Crippen LogP contribution is 2.19. The summed E-state index contributed by atoms with van der Waals surface area (Å²) in [5.41, 5.74) is 5.94. The third-order valence-electron chi connectivity index (χ3n) is 3.19. The summed E-state index contributed by atoms with van der Waals surface area (Å²) in [6.45, 7) is 4.38. The molecule has 0 amide bonds. The number of nitrogens with one attached hydrogen (secondary N) is 1. The minimum atomic E-state index is 0.432. The van der Waals surface area contributed by atoms with Gasteiger partial charge in [-0.3, -0.25) is 4.99 Å².